The minimum absolute atomic E-state index is 0.00764. The van der Waals surface area contributed by atoms with Crippen molar-refractivity contribution >= 4 is 11.6 Å². The Labute approximate surface area is 186 Å². The summed E-state index contributed by atoms with van der Waals surface area (Å²) in [4.78, 5) is 26.9. The molecule has 0 amide bonds. The predicted molar refractivity (Wildman–Crippen MR) is 111 cm³/mol. The zero-order valence-electron chi connectivity index (χ0n) is 19.7. The molecule has 3 aliphatic carbocycles. The lowest BCUT2D eigenvalue weighted by Gasteiger charge is -2.58. The number of rotatable bonds is 4. The van der Waals surface area contributed by atoms with Crippen LogP contribution in [-0.4, -0.2) is 54.8 Å². The highest BCUT2D eigenvalue weighted by atomic mass is 16.8. The first-order valence-electron chi connectivity index (χ1n) is 11.2. The third kappa shape index (κ3) is 1.61. The summed E-state index contributed by atoms with van der Waals surface area (Å²) in [5.41, 5.74) is -6.79. The molecule has 0 aromatic rings. The van der Waals surface area contributed by atoms with E-state index in [0.717, 1.165) is 0 Å². The maximum absolute atomic E-state index is 13.4. The van der Waals surface area contributed by atoms with Crippen LogP contribution in [0.3, 0.4) is 0 Å². The van der Waals surface area contributed by atoms with E-state index < -0.39 is 57.3 Å². The van der Waals surface area contributed by atoms with Crippen LogP contribution in [0, 0.1) is 34.5 Å². The molecule has 8 nitrogen and oxygen atoms in total. The number of carbonyl (C=O) groups is 2. The summed E-state index contributed by atoms with van der Waals surface area (Å²) in [5, 5.41) is 47.5. The second-order valence-corrected chi connectivity index (χ2v) is 11.5. The van der Waals surface area contributed by atoms with Gasteiger partial charge in [-0.2, -0.15) is 0 Å². The molecule has 4 N–H and O–H groups in total. The highest BCUT2D eigenvalue weighted by molar-refractivity contribution is 6.02. The molecule has 5 rings (SSSR count). The van der Waals surface area contributed by atoms with Crippen molar-refractivity contribution in [1.82, 2.24) is 0 Å². The molecular weight excluding hydrogens is 416 g/mol. The number of hydrogen-bond donors (Lipinski definition) is 4. The minimum atomic E-state index is -2.16. The van der Waals surface area contributed by atoms with Crippen molar-refractivity contribution in [1.29, 1.82) is 0 Å². The predicted octanol–water partition coefficient (Wildman–Crippen LogP) is 2.30. The van der Waals surface area contributed by atoms with Crippen LogP contribution >= 0.6 is 0 Å². The van der Waals surface area contributed by atoms with E-state index in [2.05, 4.69) is 0 Å². The molecule has 2 heterocycles. The van der Waals surface area contributed by atoms with E-state index in [9.17, 15) is 30.0 Å². The molecule has 5 aliphatic rings. The van der Waals surface area contributed by atoms with Crippen molar-refractivity contribution in [2.24, 2.45) is 34.5 Å². The fourth-order valence-corrected chi connectivity index (χ4v) is 7.90. The number of aliphatic hydroxyl groups excluding tert-OH is 2. The van der Waals surface area contributed by atoms with Crippen molar-refractivity contribution in [3.05, 3.63) is 22.7 Å². The zero-order chi connectivity index (χ0) is 24.2. The van der Waals surface area contributed by atoms with Crippen LogP contribution in [-0.2, 0) is 19.1 Å². The number of carbonyl (C=O) groups excluding carboxylic acids is 2. The topological polar surface area (TPSA) is 134 Å². The Morgan fingerprint density at radius 3 is 1.25 bits per heavy atom. The average molecular weight is 449 g/mol. The van der Waals surface area contributed by atoms with Gasteiger partial charge in [0.25, 0.3) is 0 Å². The molecule has 2 saturated heterocycles. The smallest absolute Gasteiger partial charge is 0.209 e. The molecule has 3 fully saturated rings. The van der Waals surface area contributed by atoms with Crippen LogP contribution in [0.15, 0.2) is 22.7 Å². The van der Waals surface area contributed by atoms with Crippen LogP contribution in [0.1, 0.15) is 55.4 Å². The van der Waals surface area contributed by atoms with E-state index in [4.69, 9.17) is 9.47 Å². The Kier molecular flexibility index (Phi) is 3.67. The lowest BCUT2D eigenvalue weighted by molar-refractivity contribution is -0.452. The first kappa shape index (κ1) is 22.1. The van der Waals surface area contributed by atoms with Crippen molar-refractivity contribution in [3.63, 3.8) is 0 Å². The molecule has 1 saturated carbocycles. The number of aliphatic hydroxyl groups is 4. The standard InChI is InChI=1S/C24H32O8/c1-9(2)13(25)11-15-19(5)18(28)12(14(26)10(3)4)16-20(6,17(11)27)24(30)21(15,7)31-23(19,29)22(16,8)32-24/h9-10,15-16,27-30H,1-8H3/t15-,16-,19-,20-,21+,22?,23-,24-/m1/s1. The summed E-state index contributed by atoms with van der Waals surface area (Å²) in [7, 11) is 0. The van der Waals surface area contributed by atoms with Gasteiger partial charge in [-0.25, -0.2) is 0 Å². The van der Waals surface area contributed by atoms with Crippen LogP contribution in [0.5, 0.6) is 0 Å². The number of Topliss-reactive ketones (excluding diaryl/α,β-unsaturated/α-hetero) is 2. The Morgan fingerprint density at radius 1 is 0.719 bits per heavy atom. The zero-order valence-corrected chi connectivity index (χ0v) is 19.7. The van der Waals surface area contributed by atoms with E-state index in [1.807, 2.05) is 0 Å². The molecule has 0 spiro atoms. The van der Waals surface area contributed by atoms with Crippen LogP contribution in [0.2, 0.25) is 0 Å². The summed E-state index contributed by atoms with van der Waals surface area (Å²) < 4.78 is 12.5. The molecule has 0 aromatic heterocycles. The minimum Gasteiger partial charge on any atom is -0.511 e. The van der Waals surface area contributed by atoms with Gasteiger partial charge >= 0.3 is 0 Å². The second kappa shape index (κ2) is 5.32. The van der Waals surface area contributed by atoms with E-state index in [0.29, 0.717) is 0 Å². The van der Waals surface area contributed by atoms with Crippen molar-refractivity contribution in [2.45, 2.75) is 78.2 Å². The largest absolute Gasteiger partial charge is 0.511 e. The van der Waals surface area contributed by atoms with Gasteiger partial charge in [-0.05, 0) is 27.7 Å². The molecule has 2 aliphatic heterocycles. The number of ether oxygens (including phenoxy) is 2. The molecule has 176 valence electrons. The molecule has 32 heavy (non-hydrogen) atoms. The molecule has 1 unspecified atom stereocenters. The molecule has 8 atom stereocenters. The van der Waals surface area contributed by atoms with Crippen molar-refractivity contribution in [3.8, 4) is 0 Å². The van der Waals surface area contributed by atoms with Gasteiger partial charge in [0, 0.05) is 34.8 Å². The summed E-state index contributed by atoms with van der Waals surface area (Å²) in [5.74, 6) is -9.13. The monoisotopic (exact) mass is 448 g/mol. The summed E-state index contributed by atoms with van der Waals surface area (Å²) in [6.07, 6.45) is 0. The van der Waals surface area contributed by atoms with Gasteiger partial charge in [0.15, 0.2) is 11.6 Å². The number of hydrogen-bond acceptors (Lipinski definition) is 8. The first-order valence-corrected chi connectivity index (χ1v) is 11.2. The van der Waals surface area contributed by atoms with Gasteiger partial charge in [0.2, 0.25) is 11.6 Å². The number of ketones is 2. The van der Waals surface area contributed by atoms with Gasteiger partial charge in [-0.1, -0.05) is 27.7 Å². The third-order valence-electron chi connectivity index (χ3n) is 9.38. The summed E-state index contributed by atoms with van der Waals surface area (Å²) in [6, 6.07) is 0. The van der Waals surface area contributed by atoms with E-state index >= 15 is 0 Å². The van der Waals surface area contributed by atoms with Gasteiger partial charge in [-0.3, -0.25) is 9.59 Å². The average Bonchev–Trinajstić information content (AvgIpc) is 3.00. The Morgan fingerprint density at radius 2 is 1.00 bits per heavy atom. The molecule has 0 aromatic carbocycles. The Balaban J connectivity index is 2.01. The van der Waals surface area contributed by atoms with E-state index in [1.54, 1.807) is 27.7 Å². The lowest BCUT2D eigenvalue weighted by atomic mass is 9.42. The van der Waals surface area contributed by atoms with Crippen LogP contribution < -0.4 is 0 Å². The SMILES string of the molecule is CC(C)C(=O)C1=C(O)[C@@]2(C)[C@H]3C(C(=O)C(C)C)=C(O)[C@@]4(C)[C@@H]1C1(C)O[C@@]4(O)[C@@]3(C)O[C@@]12O. The normalized spacial score (nSPS) is 52.8. The lowest BCUT2D eigenvalue weighted by Crippen LogP contribution is -2.70. The maximum atomic E-state index is 13.4. The molecule has 8 heteroatoms. The van der Waals surface area contributed by atoms with Gasteiger partial charge in [0.1, 0.15) is 22.7 Å². The first-order chi connectivity index (χ1) is 14.4. The van der Waals surface area contributed by atoms with E-state index in [-0.39, 0.29) is 34.2 Å². The maximum Gasteiger partial charge on any atom is 0.209 e. The third-order valence-corrected chi connectivity index (χ3v) is 9.38. The van der Waals surface area contributed by atoms with Crippen molar-refractivity contribution < 1.29 is 39.5 Å². The molecule has 0 radical (unpaired) electrons. The second-order valence-electron chi connectivity index (χ2n) is 11.5. The summed E-state index contributed by atoms with van der Waals surface area (Å²) >= 11 is 0. The van der Waals surface area contributed by atoms with Crippen LogP contribution in [0.25, 0.3) is 0 Å². The molecule has 8 bridgehead atoms. The van der Waals surface area contributed by atoms with Gasteiger partial charge < -0.3 is 29.9 Å². The van der Waals surface area contributed by atoms with Gasteiger partial charge in [0.05, 0.1) is 10.8 Å². The molecular formula is C24H32O8. The highest BCUT2D eigenvalue weighted by Gasteiger charge is 2.97. The van der Waals surface area contributed by atoms with Crippen molar-refractivity contribution in [2.75, 3.05) is 0 Å². The highest BCUT2D eigenvalue weighted by Crippen LogP contribution is 2.84. The quantitative estimate of drug-likeness (QED) is 0.515. The Bertz CT molecular complexity index is 988. The summed E-state index contributed by atoms with van der Waals surface area (Å²) in [6.45, 7) is 12.9. The van der Waals surface area contributed by atoms with Crippen LogP contribution in [0.4, 0.5) is 0 Å². The fraction of sp³-hybridized carbons (Fsp3) is 0.750. The Hall–Kier alpha value is -1.74. The van der Waals surface area contributed by atoms with E-state index in [1.165, 1.54) is 27.7 Å². The van der Waals surface area contributed by atoms with Gasteiger partial charge in [-0.15, -0.1) is 0 Å². The fourth-order valence-electron chi connectivity index (χ4n) is 7.90.